The molecule has 0 aromatic heterocycles. The largest absolute Gasteiger partial charge is 0.378 e. The fourth-order valence-corrected chi connectivity index (χ4v) is 2.72. The molecule has 3 heteroatoms. The Morgan fingerprint density at radius 2 is 2.32 bits per heavy atom. The maximum atomic E-state index is 13.5. The normalized spacial score (nSPS) is 20.7. The van der Waals surface area contributed by atoms with Crippen molar-refractivity contribution in [1.82, 2.24) is 5.32 Å². The smallest absolute Gasteiger partial charge is 0.123 e. The van der Waals surface area contributed by atoms with E-state index in [9.17, 15) is 4.39 Å². The number of hydrogen-bond donors (Lipinski definition) is 1. The Morgan fingerprint density at radius 3 is 3.00 bits per heavy atom. The molecule has 2 atom stereocenters. The van der Waals surface area contributed by atoms with Crippen molar-refractivity contribution in [3.05, 3.63) is 35.1 Å². The minimum Gasteiger partial charge on any atom is -0.378 e. The molecule has 1 aromatic carbocycles. The molecule has 0 bridgehead atoms. The van der Waals surface area contributed by atoms with E-state index < -0.39 is 0 Å². The van der Waals surface area contributed by atoms with Crippen molar-refractivity contribution in [2.24, 2.45) is 0 Å². The SMILES string of the molecule is CCCNC(CC1CCCO1)c1cc(F)ccc1C. The van der Waals surface area contributed by atoms with E-state index in [1.165, 1.54) is 6.07 Å². The van der Waals surface area contributed by atoms with Crippen molar-refractivity contribution in [1.29, 1.82) is 0 Å². The van der Waals surface area contributed by atoms with Crippen molar-refractivity contribution in [3.8, 4) is 0 Å². The van der Waals surface area contributed by atoms with Crippen LogP contribution in [0.3, 0.4) is 0 Å². The van der Waals surface area contributed by atoms with E-state index in [0.29, 0.717) is 6.10 Å². The zero-order valence-corrected chi connectivity index (χ0v) is 11.9. The molecule has 1 aliphatic rings. The lowest BCUT2D eigenvalue weighted by Gasteiger charge is -2.23. The van der Waals surface area contributed by atoms with Crippen LogP contribution < -0.4 is 5.32 Å². The topological polar surface area (TPSA) is 21.3 Å². The third kappa shape index (κ3) is 4.02. The van der Waals surface area contributed by atoms with Crippen molar-refractivity contribution < 1.29 is 9.13 Å². The van der Waals surface area contributed by atoms with Gasteiger partial charge in [0.2, 0.25) is 0 Å². The lowest BCUT2D eigenvalue weighted by molar-refractivity contribution is 0.0945. The Bertz CT molecular complexity index is 402. The van der Waals surface area contributed by atoms with Crippen LogP contribution in [0.2, 0.25) is 0 Å². The first-order valence-electron chi connectivity index (χ1n) is 7.31. The van der Waals surface area contributed by atoms with Crippen molar-refractivity contribution in [2.75, 3.05) is 13.2 Å². The van der Waals surface area contributed by atoms with Gasteiger partial charge in [0, 0.05) is 12.6 Å². The van der Waals surface area contributed by atoms with Gasteiger partial charge in [-0.2, -0.15) is 0 Å². The second-order valence-corrected chi connectivity index (χ2v) is 5.38. The highest BCUT2D eigenvalue weighted by Crippen LogP contribution is 2.27. The van der Waals surface area contributed by atoms with Crippen LogP contribution in [0.5, 0.6) is 0 Å². The molecule has 2 rings (SSSR count). The number of halogens is 1. The molecule has 2 nitrogen and oxygen atoms in total. The number of aryl methyl sites for hydroxylation is 1. The van der Waals surface area contributed by atoms with Gasteiger partial charge in [0.25, 0.3) is 0 Å². The monoisotopic (exact) mass is 265 g/mol. The first-order valence-corrected chi connectivity index (χ1v) is 7.31. The minimum absolute atomic E-state index is 0.156. The van der Waals surface area contributed by atoms with Gasteiger partial charge in [-0.15, -0.1) is 0 Å². The molecule has 19 heavy (non-hydrogen) atoms. The van der Waals surface area contributed by atoms with Crippen LogP contribution in [0.4, 0.5) is 4.39 Å². The van der Waals surface area contributed by atoms with Crippen LogP contribution in [0.1, 0.15) is 49.8 Å². The van der Waals surface area contributed by atoms with Crippen LogP contribution in [-0.2, 0) is 4.74 Å². The average molecular weight is 265 g/mol. The Hall–Kier alpha value is -0.930. The average Bonchev–Trinajstić information content (AvgIpc) is 2.90. The molecule has 0 spiro atoms. The first kappa shape index (κ1) is 14.5. The van der Waals surface area contributed by atoms with Crippen LogP contribution >= 0.6 is 0 Å². The van der Waals surface area contributed by atoms with E-state index in [-0.39, 0.29) is 11.9 Å². The molecule has 2 unspecified atom stereocenters. The summed E-state index contributed by atoms with van der Waals surface area (Å²) in [6, 6.07) is 5.25. The Labute approximate surface area is 115 Å². The lowest BCUT2D eigenvalue weighted by Crippen LogP contribution is -2.26. The number of hydrogen-bond acceptors (Lipinski definition) is 2. The maximum absolute atomic E-state index is 13.5. The molecule has 1 N–H and O–H groups in total. The highest BCUT2D eigenvalue weighted by atomic mass is 19.1. The fourth-order valence-electron chi connectivity index (χ4n) is 2.72. The molecule has 0 aliphatic carbocycles. The molecule has 1 fully saturated rings. The quantitative estimate of drug-likeness (QED) is 0.846. The van der Waals surface area contributed by atoms with Gasteiger partial charge in [-0.25, -0.2) is 4.39 Å². The molecule has 1 aliphatic heterocycles. The van der Waals surface area contributed by atoms with E-state index in [0.717, 1.165) is 50.0 Å². The van der Waals surface area contributed by atoms with Gasteiger partial charge in [-0.05, 0) is 62.4 Å². The molecule has 106 valence electrons. The van der Waals surface area contributed by atoms with E-state index in [1.54, 1.807) is 6.07 Å². The summed E-state index contributed by atoms with van der Waals surface area (Å²) in [6.07, 6.45) is 4.60. The van der Waals surface area contributed by atoms with E-state index >= 15 is 0 Å². The standard InChI is InChI=1S/C16H24FNO/c1-3-8-18-16(11-14-5-4-9-19-14)15-10-13(17)7-6-12(15)2/h6-7,10,14,16,18H,3-5,8-9,11H2,1-2H3. The van der Waals surface area contributed by atoms with Crippen molar-refractivity contribution in [3.63, 3.8) is 0 Å². The number of rotatable bonds is 6. The number of ether oxygens (including phenoxy) is 1. The zero-order chi connectivity index (χ0) is 13.7. The van der Waals surface area contributed by atoms with Crippen molar-refractivity contribution in [2.45, 2.75) is 51.7 Å². The van der Waals surface area contributed by atoms with E-state index in [4.69, 9.17) is 4.74 Å². The Morgan fingerprint density at radius 1 is 1.47 bits per heavy atom. The molecule has 0 radical (unpaired) electrons. The summed E-state index contributed by atoms with van der Waals surface area (Å²) in [7, 11) is 0. The number of benzene rings is 1. The summed E-state index contributed by atoms with van der Waals surface area (Å²) in [5.74, 6) is -0.156. The predicted octanol–water partition coefficient (Wildman–Crippen LogP) is 3.74. The summed E-state index contributed by atoms with van der Waals surface area (Å²) in [6.45, 7) is 6.01. The Balaban J connectivity index is 2.12. The highest BCUT2D eigenvalue weighted by molar-refractivity contribution is 5.29. The fraction of sp³-hybridized carbons (Fsp3) is 0.625. The van der Waals surface area contributed by atoms with E-state index in [2.05, 4.69) is 12.2 Å². The zero-order valence-electron chi connectivity index (χ0n) is 11.9. The van der Waals surface area contributed by atoms with Crippen LogP contribution in [0.15, 0.2) is 18.2 Å². The summed E-state index contributed by atoms with van der Waals surface area (Å²) < 4.78 is 19.2. The summed E-state index contributed by atoms with van der Waals surface area (Å²) in [5.41, 5.74) is 2.22. The van der Waals surface area contributed by atoms with Gasteiger partial charge in [-0.3, -0.25) is 0 Å². The minimum atomic E-state index is -0.156. The molecular weight excluding hydrogens is 241 g/mol. The van der Waals surface area contributed by atoms with Crippen LogP contribution in [0, 0.1) is 12.7 Å². The van der Waals surface area contributed by atoms with Gasteiger partial charge < -0.3 is 10.1 Å². The van der Waals surface area contributed by atoms with Gasteiger partial charge >= 0.3 is 0 Å². The molecule has 1 saturated heterocycles. The third-order valence-corrected chi connectivity index (χ3v) is 3.78. The predicted molar refractivity (Wildman–Crippen MR) is 75.8 cm³/mol. The maximum Gasteiger partial charge on any atom is 0.123 e. The first-order chi connectivity index (χ1) is 9.20. The van der Waals surface area contributed by atoms with Crippen LogP contribution in [0.25, 0.3) is 0 Å². The van der Waals surface area contributed by atoms with Gasteiger partial charge in [0.05, 0.1) is 6.10 Å². The van der Waals surface area contributed by atoms with Gasteiger partial charge in [0.15, 0.2) is 0 Å². The van der Waals surface area contributed by atoms with Crippen molar-refractivity contribution >= 4 is 0 Å². The van der Waals surface area contributed by atoms with Gasteiger partial charge in [0.1, 0.15) is 5.82 Å². The number of nitrogens with one attached hydrogen (secondary N) is 1. The molecule has 0 amide bonds. The van der Waals surface area contributed by atoms with E-state index in [1.807, 2.05) is 13.0 Å². The van der Waals surface area contributed by atoms with Gasteiger partial charge in [-0.1, -0.05) is 13.0 Å². The summed E-state index contributed by atoms with van der Waals surface area (Å²) >= 11 is 0. The summed E-state index contributed by atoms with van der Waals surface area (Å²) in [5, 5.41) is 3.53. The highest BCUT2D eigenvalue weighted by Gasteiger charge is 2.22. The second kappa shape index (κ2) is 7.01. The second-order valence-electron chi connectivity index (χ2n) is 5.38. The Kier molecular flexibility index (Phi) is 5.34. The molecule has 1 aromatic rings. The van der Waals surface area contributed by atoms with Crippen LogP contribution in [-0.4, -0.2) is 19.3 Å². The summed E-state index contributed by atoms with van der Waals surface area (Å²) in [4.78, 5) is 0. The third-order valence-electron chi connectivity index (χ3n) is 3.78. The molecular formula is C16H24FNO. The molecule has 1 heterocycles. The lowest BCUT2D eigenvalue weighted by atomic mass is 9.95. The molecule has 0 saturated carbocycles.